The molecule has 8 nitrogen and oxygen atoms in total. The van der Waals surface area contributed by atoms with E-state index in [0.717, 1.165) is 6.07 Å². The Balaban J connectivity index is 1.44. The van der Waals surface area contributed by atoms with Crippen LogP contribution in [0.3, 0.4) is 0 Å². The summed E-state index contributed by atoms with van der Waals surface area (Å²) in [5, 5.41) is 8.62. The number of amides is 1. The van der Waals surface area contributed by atoms with Crippen molar-refractivity contribution in [3.8, 4) is 11.4 Å². The van der Waals surface area contributed by atoms with Crippen LogP contribution in [-0.2, 0) is 4.74 Å². The van der Waals surface area contributed by atoms with Crippen LogP contribution in [0.1, 0.15) is 16.8 Å². The molecule has 11 heteroatoms. The Morgan fingerprint density at radius 2 is 2.09 bits per heavy atom. The Morgan fingerprint density at radius 3 is 2.84 bits per heavy atom. The van der Waals surface area contributed by atoms with Gasteiger partial charge in [0.05, 0.1) is 37.2 Å². The van der Waals surface area contributed by atoms with E-state index in [1.54, 1.807) is 22.7 Å². The molecule has 0 radical (unpaired) electrons. The van der Waals surface area contributed by atoms with E-state index < -0.39 is 23.8 Å². The normalized spacial score (nSPS) is 21.3. The van der Waals surface area contributed by atoms with Crippen LogP contribution in [0, 0.1) is 11.6 Å². The first-order chi connectivity index (χ1) is 15.5. The van der Waals surface area contributed by atoms with Gasteiger partial charge in [-0.05, 0) is 25.1 Å². The van der Waals surface area contributed by atoms with E-state index >= 15 is 0 Å². The van der Waals surface area contributed by atoms with Gasteiger partial charge in [-0.2, -0.15) is 0 Å². The summed E-state index contributed by atoms with van der Waals surface area (Å²) in [6.45, 7) is 1.81. The molecule has 2 aliphatic rings. The lowest BCUT2D eigenvalue weighted by molar-refractivity contribution is -0.00346. The number of nitrogens with one attached hydrogen (secondary N) is 3. The van der Waals surface area contributed by atoms with Crippen LogP contribution in [0.25, 0.3) is 17.0 Å². The van der Waals surface area contributed by atoms with E-state index in [1.807, 2.05) is 0 Å². The van der Waals surface area contributed by atoms with Gasteiger partial charge in [-0.15, -0.1) is 0 Å². The van der Waals surface area contributed by atoms with Gasteiger partial charge < -0.3 is 20.7 Å². The molecule has 0 aliphatic carbocycles. The summed E-state index contributed by atoms with van der Waals surface area (Å²) >= 11 is 0. The molecule has 1 amide bonds. The monoisotopic (exact) mass is 446 g/mol. The zero-order valence-electron chi connectivity index (χ0n) is 16.9. The maximum atomic E-state index is 14.6. The molecule has 0 saturated carbocycles. The van der Waals surface area contributed by atoms with Gasteiger partial charge in [0.25, 0.3) is 5.91 Å². The second-order valence-electron chi connectivity index (χ2n) is 7.90. The van der Waals surface area contributed by atoms with E-state index in [0.29, 0.717) is 43.9 Å². The summed E-state index contributed by atoms with van der Waals surface area (Å²) in [5.41, 5.74) is 0.941. The Morgan fingerprint density at radius 1 is 1.25 bits per heavy atom. The number of hydrogen-bond donors (Lipinski definition) is 3. The Labute approximate surface area is 181 Å². The van der Waals surface area contributed by atoms with Crippen molar-refractivity contribution in [1.29, 1.82) is 0 Å². The number of fused-ring (bicyclic) bond motifs is 1. The predicted octanol–water partition coefficient (Wildman–Crippen LogP) is 1.91. The molecule has 2 saturated heterocycles. The number of rotatable bonds is 5. The molecular formula is C21H21F3N6O2. The molecule has 5 rings (SSSR count). The minimum atomic E-state index is -1.17. The van der Waals surface area contributed by atoms with Crippen molar-refractivity contribution in [3.63, 3.8) is 0 Å². The van der Waals surface area contributed by atoms with E-state index in [1.165, 1.54) is 6.20 Å². The Kier molecular flexibility index (Phi) is 5.43. The summed E-state index contributed by atoms with van der Waals surface area (Å²) in [4.78, 5) is 20.7. The zero-order valence-corrected chi connectivity index (χ0v) is 16.9. The van der Waals surface area contributed by atoms with Gasteiger partial charge in [-0.25, -0.2) is 23.1 Å². The number of hydrogen-bond acceptors (Lipinski definition) is 6. The number of carbonyl (C=O) groups is 1. The van der Waals surface area contributed by atoms with Gasteiger partial charge in [0.2, 0.25) is 0 Å². The molecule has 3 N–H and O–H groups in total. The summed E-state index contributed by atoms with van der Waals surface area (Å²) in [7, 11) is 0. The molecule has 2 unspecified atom stereocenters. The fourth-order valence-corrected chi connectivity index (χ4v) is 3.78. The molecule has 0 spiro atoms. The topological polar surface area (TPSA) is 92.6 Å². The third-order valence-electron chi connectivity index (χ3n) is 5.64. The van der Waals surface area contributed by atoms with Crippen LogP contribution in [0.4, 0.5) is 19.0 Å². The van der Waals surface area contributed by atoms with Crippen molar-refractivity contribution < 1.29 is 22.7 Å². The third kappa shape index (κ3) is 3.89. The van der Waals surface area contributed by atoms with Gasteiger partial charge in [-0.3, -0.25) is 9.20 Å². The minimum Gasteiger partial charge on any atom is -0.377 e. The maximum Gasteiger partial charge on any atom is 0.251 e. The van der Waals surface area contributed by atoms with E-state index in [2.05, 4.69) is 25.9 Å². The number of nitrogens with zero attached hydrogens (tertiary/aromatic N) is 3. The molecule has 2 fully saturated rings. The number of alkyl halides is 1. The Hall–Kier alpha value is -3.18. The molecule has 32 heavy (non-hydrogen) atoms. The molecule has 5 heterocycles. The van der Waals surface area contributed by atoms with Crippen molar-refractivity contribution in [3.05, 3.63) is 47.8 Å². The number of carbonyl (C=O) groups excluding carboxylic acids is 1. The first kappa shape index (κ1) is 20.7. The smallest absolute Gasteiger partial charge is 0.251 e. The number of anilines is 1. The number of pyridine rings is 2. The summed E-state index contributed by atoms with van der Waals surface area (Å²) in [6.07, 6.45) is 2.09. The largest absolute Gasteiger partial charge is 0.377 e. The van der Waals surface area contributed by atoms with Gasteiger partial charge in [-0.1, -0.05) is 0 Å². The van der Waals surface area contributed by atoms with Crippen LogP contribution in [-0.4, -0.2) is 64.8 Å². The van der Waals surface area contributed by atoms with Crippen molar-refractivity contribution in [1.82, 2.24) is 25.0 Å². The SMILES string of the molecule is O=C(NC1COC1)c1ccn2c(-c3nc(NC4CNCCC4F)c(F)cc3F)cnc2c1. The molecule has 3 aromatic heterocycles. The molecule has 0 bridgehead atoms. The highest BCUT2D eigenvalue weighted by atomic mass is 19.1. The number of ether oxygens (including phenoxy) is 1. The molecule has 3 aromatic rings. The molecule has 0 aromatic carbocycles. The lowest BCUT2D eigenvalue weighted by Crippen LogP contribution is -2.48. The molecular weight excluding hydrogens is 425 g/mol. The number of imidazole rings is 1. The molecule has 168 valence electrons. The van der Waals surface area contributed by atoms with Gasteiger partial charge in [0, 0.05) is 24.4 Å². The van der Waals surface area contributed by atoms with Crippen LogP contribution < -0.4 is 16.0 Å². The van der Waals surface area contributed by atoms with Crippen LogP contribution in [0.5, 0.6) is 0 Å². The second kappa shape index (κ2) is 8.40. The second-order valence-corrected chi connectivity index (χ2v) is 7.90. The van der Waals surface area contributed by atoms with Crippen LogP contribution in [0.15, 0.2) is 30.6 Å². The highest BCUT2D eigenvalue weighted by molar-refractivity contribution is 5.95. The average molecular weight is 446 g/mol. The summed E-state index contributed by atoms with van der Waals surface area (Å²) in [6, 6.07) is 3.18. The van der Waals surface area contributed by atoms with Crippen molar-refractivity contribution >= 4 is 17.4 Å². The van der Waals surface area contributed by atoms with Gasteiger partial charge in [0.1, 0.15) is 17.5 Å². The van der Waals surface area contributed by atoms with E-state index in [-0.39, 0.29) is 29.2 Å². The lowest BCUT2D eigenvalue weighted by Gasteiger charge is -2.28. The Bertz CT molecular complexity index is 1170. The summed E-state index contributed by atoms with van der Waals surface area (Å²) in [5.74, 6) is -2.27. The number of halogens is 3. The van der Waals surface area contributed by atoms with E-state index in [9.17, 15) is 18.0 Å². The fraction of sp³-hybridized carbons (Fsp3) is 0.381. The van der Waals surface area contributed by atoms with E-state index in [4.69, 9.17) is 4.74 Å². The average Bonchev–Trinajstić information content (AvgIpc) is 3.17. The highest BCUT2D eigenvalue weighted by Gasteiger charge is 2.27. The van der Waals surface area contributed by atoms with Gasteiger partial charge in [0.15, 0.2) is 17.5 Å². The zero-order chi connectivity index (χ0) is 22.2. The standard InChI is InChI=1S/C21H21F3N6O2/c22-13-1-3-25-7-16(13)28-20-15(24)6-14(23)19(29-20)17-8-26-18-5-11(2-4-30(17)18)21(31)27-12-9-32-10-12/h2,4-6,8,12-13,16,25H,1,3,7,9-10H2,(H,27,31)(H,28,29). The van der Waals surface area contributed by atoms with Crippen LogP contribution >= 0.6 is 0 Å². The quantitative estimate of drug-likeness (QED) is 0.555. The van der Waals surface area contributed by atoms with Gasteiger partial charge >= 0.3 is 0 Å². The number of piperidine rings is 1. The lowest BCUT2D eigenvalue weighted by atomic mass is 10.1. The number of aromatic nitrogens is 3. The first-order valence-corrected chi connectivity index (χ1v) is 10.3. The van der Waals surface area contributed by atoms with Crippen molar-refractivity contribution in [2.75, 3.05) is 31.6 Å². The van der Waals surface area contributed by atoms with Crippen molar-refractivity contribution in [2.24, 2.45) is 0 Å². The minimum absolute atomic E-state index is 0.0132. The highest BCUT2D eigenvalue weighted by Crippen LogP contribution is 2.27. The summed E-state index contributed by atoms with van der Waals surface area (Å²) < 4.78 is 49.8. The molecule has 2 aliphatic heterocycles. The third-order valence-corrected chi connectivity index (χ3v) is 5.64. The first-order valence-electron chi connectivity index (χ1n) is 10.3. The predicted molar refractivity (Wildman–Crippen MR) is 110 cm³/mol. The van der Waals surface area contributed by atoms with Crippen LogP contribution in [0.2, 0.25) is 0 Å². The van der Waals surface area contributed by atoms with Crippen molar-refractivity contribution in [2.45, 2.75) is 24.7 Å². The molecule has 2 atom stereocenters. The maximum absolute atomic E-state index is 14.6. The fourth-order valence-electron chi connectivity index (χ4n) is 3.78.